The number of aryl methyl sites for hydroxylation is 1. The van der Waals surface area contributed by atoms with Crippen molar-refractivity contribution in [1.29, 1.82) is 0 Å². The molecule has 1 heterocycles. The average molecular weight is 348 g/mol. The van der Waals surface area contributed by atoms with E-state index in [0.29, 0.717) is 22.5 Å². The maximum Gasteiger partial charge on any atom is 0.245 e. The highest BCUT2D eigenvalue weighted by atomic mass is 35.5. The van der Waals surface area contributed by atoms with Crippen LogP contribution in [0.25, 0.3) is 0 Å². The fourth-order valence-corrected chi connectivity index (χ4v) is 2.75. The molecule has 2 amide bonds. The summed E-state index contributed by atoms with van der Waals surface area (Å²) in [6, 6.07) is 8.89. The first-order chi connectivity index (χ1) is 11.5. The van der Waals surface area contributed by atoms with Gasteiger partial charge in [-0.1, -0.05) is 28.9 Å². The predicted octanol–water partition coefficient (Wildman–Crippen LogP) is 2.88. The minimum Gasteiger partial charge on any atom is -0.360 e. The maximum absolute atomic E-state index is 12.5. The number of nitrogens with zero attached hydrogens (tertiary/aromatic N) is 1. The fourth-order valence-electron chi connectivity index (χ4n) is 2.63. The normalized spacial score (nSPS) is 14.9. The molecule has 3 rings (SSSR count). The molecule has 126 valence electrons. The largest absolute Gasteiger partial charge is 0.360 e. The lowest BCUT2D eigenvalue weighted by Crippen LogP contribution is -2.36. The van der Waals surface area contributed by atoms with Gasteiger partial charge in [-0.25, -0.2) is 0 Å². The van der Waals surface area contributed by atoms with Crippen LogP contribution in [0.3, 0.4) is 0 Å². The van der Waals surface area contributed by atoms with Gasteiger partial charge in [-0.2, -0.15) is 0 Å². The molecule has 24 heavy (non-hydrogen) atoms. The third-order valence-electron chi connectivity index (χ3n) is 3.92. The molecule has 2 aromatic rings. The molecule has 1 saturated carbocycles. The lowest BCUT2D eigenvalue weighted by Gasteiger charge is -2.16. The molecule has 2 N–H and O–H groups in total. The number of hydrogen-bond donors (Lipinski definition) is 2. The van der Waals surface area contributed by atoms with Gasteiger partial charge in [-0.15, -0.1) is 0 Å². The minimum atomic E-state index is -0.345. The number of carbonyl (C=O) groups is 2. The smallest absolute Gasteiger partial charge is 0.245 e. The van der Waals surface area contributed by atoms with Gasteiger partial charge in [0.15, 0.2) is 5.82 Å². The summed E-state index contributed by atoms with van der Waals surface area (Å²) in [5.74, 6) is 0.527. The van der Waals surface area contributed by atoms with Crippen molar-refractivity contribution in [2.24, 2.45) is 5.92 Å². The Hall–Kier alpha value is -2.34. The van der Waals surface area contributed by atoms with E-state index in [9.17, 15) is 9.59 Å². The number of anilines is 1. The van der Waals surface area contributed by atoms with Crippen LogP contribution in [-0.2, 0) is 9.59 Å². The Bertz CT molecular complexity index is 738. The molecule has 1 aliphatic carbocycles. The first-order valence-electron chi connectivity index (χ1n) is 7.79. The third kappa shape index (κ3) is 4.14. The van der Waals surface area contributed by atoms with E-state index in [4.69, 9.17) is 16.1 Å². The molecule has 0 saturated heterocycles. The number of carbonyl (C=O) groups excluding carboxylic acids is 2. The van der Waals surface area contributed by atoms with Crippen molar-refractivity contribution in [2.45, 2.75) is 25.7 Å². The van der Waals surface area contributed by atoms with E-state index in [1.165, 1.54) is 0 Å². The summed E-state index contributed by atoms with van der Waals surface area (Å²) in [5, 5.41) is 9.59. The summed E-state index contributed by atoms with van der Waals surface area (Å²) < 4.78 is 4.87. The third-order valence-corrected chi connectivity index (χ3v) is 4.18. The van der Waals surface area contributed by atoms with Gasteiger partial charge in [0.1, 0.15) is 5.76 Å². The van der Waals surface area contributed by atoms with Gasteiger partial charge < -0.3 is 15.2 Å². The predicted molar refractivity (Wildman–Crippen MR) is 89.8 cm³/mol. The van der Waals surface area contributed by atoms with Crippen LogP contribution in [0.1, 0.15) is 30.1 Å². The first-order valence-corrected chi connectivity index (χ1v) is 8.17. The summed E-state index contributed by atoms with van der Waals surface area (Å²) in [7, 11) is 0. The van der Waals surface area contributed by atoms with Crippen LogP contribution < -0.4 is 10.6 Å². The zero-order valence-corrected chi connectivity index (χ0v) is 14.0. The van der Waals surface area contributed by atoms with E-state index in [-0.39, 0.29) is 24.3 Å². The highest BCUT2D eigenvalue weighted by molar-refractivity contribution is 6.30. The van der Waals surface area contributed by atoms with E-state index in [1.807, 2.05) is 12.1 Å². The highest BCUT2D eigenvalue weighted by Gasteiger charge is 2.37. The molecule has 1 aromatic heterocycles. The van der Waals surface area contributed by atoms with Gasteiger partial charge in [0, 0.05) is 11.1 Å². The molecule has 1 fully saturated rings. The number of nitrogens with one attached hydrogen (secondary N) is 2. The topological polar surface area (TPSA) is 84.2 Å². The van der Waals surface area contributed by atoms with Gasteiger partial charge in [-0.05, 0) is 43.4 Å². The van der Waals surface area contributed by atoms with Crippen LogP contribution in [0.15, 0.2) is 34.9 Å². The summed E-state index contributed by atoms with van der Waals surface area (Å²) in [4.78, 5) is 24.4. The van der Waals surface area contributed by atoms with Crippen LogP contribution in [0.5, 0.6) is 0 Å². The Labute approximate surface area is 144 Å². The summed E-state index contributed by atoms with van der Waals surface area (Å²) >= 11 is 5.91. The number of rotatable bonds is 6. The molecule has 1 atom stereocenters. The maximum atomic E-state index is 12.5. The van der Waals surface area contributed by atoms with Crippen molar-refractivity contribution in [3.63, 3.8) is 0 Å². The van der Waals surface area contributed by atoms with Gasteiger partial charge in [-0.3, -0.25) is 9.59 Å². The Morgan fingerprint density at radius 3 is 2.62 bits per heavy atom. The molecule has 0 spiro atoms. The molecule has 0 aliphatic heterocycles. The average Bonchev–Trinajstić information content (AvgIpc) is 3.30. The number of benzene rings is 1. The molecule has 0 radical (unpaired) electrons. The second-order valence-corrected chi connectivity index (χ2v) is 6.39. The van der Waals surface area contributed by atoms with Crippen LogP contribution in [0, 0.1) is 12.8 Å². The Morgan fingerprint density at radius 1 is 1.33 bits per heavy atom. The summed E-state index contributed by atoms with van der Waals surface area (Å²) in [6.45, 7) is 1.62. The van der Waals surface area contributed by atoms with Crippen molar-refractivity contribution < 1.29 is 14.1 Å². The molecular formula is C17H18ClN3O3. The zero-order valence-electron chi connectivity index (χ0n) is 13.2. The molecule has 0 bridgehead atoms. The summed E-state index contributed by atoms with van der Waals surface area (Å²) in [5.41, 5.74) is 0.923. The highest BCUT2D eigenvalue weighted by Crippen LogP contribution is 2.42. The number of aromatic nitrogens is 1. The van der Waals surface area contributed by atoms with E-state index in [1.54, 1.807) is 25.1 Å². The monoisotopic (exact) mass is 347 g/mol. The van der Waals surface area contributed by atoms with Gasteiger partial charge in [0.05, 0.1) is 12.5 Å². The number of hydrogen-bond acceptors (Lipinski definition) is 4. The first kappa shape index (κ1) is 16.5. The molecule has 6 nitrogen and oxygen atoms in total. The lowest BCUT2D eigenvalue weighted by atomic mass is 9.93. The van der Waals surface area contributed by atoms with E-state index >= 15 is 0 Å². The molecular weight excluding hydrogens is 330 g/mol. The van der Waals surface area contributed by atoms with Crippen molar-refractivity contribution in [1.82, 2.24) is 10.5 Å². The Kier molecular flexibility index (Phi) is 4.85. The van der Waals surface area contributed by atoms with Crippen molar-refractivity contribution in [3.05, 3.63) is 46.7 Å². The lowest BCUT2D eigenvalue weighted by molar-refractivity contribution is -0.125. The molecule has 1 aromatic carbocycles. The van der Waals surface area contributed by atoms with Gasteiger partial charge >= 0.3 is 0 Å². The van der Waals surface area contributed by atoms with Crippen LogP contribution in [0.4, 0.5) is 5.82 Å². The van der Waals surface area contributed by atoms with Gasteiger partial charge in [0.2, 0.25) is 11.8 Å². The second kappa shape index (κ2) is 7.05. The van der Waals surface area contributed by atoms with E-state index in [0.717, 1.165) is 18.4 Å². The zero-order chi connectivity index (χ0) is 17.1. The Morgan fingerprint density at radius 2 is 2.04 bits per heavy atom. The van der Waals surface area contributed by atoms with Crippen molar-refractivity contribution in [2.75, 3.05) is 11.9 Å². The SMILES string of the molecule is Cc1cc(NC(=O)CNC(=O)C(c2ccc(Cl)cc2)C2CC2)no1. The van der Waals surface area contributed by atoms with Crippen molar-refractivity contribution in [3.8, 4) is 0 Å². The molecule has 7 heteroatoms. The standard InChI is InChI=1S/C17H18ClN3O3/c1-10-8-14(21-24-10)20-15(22)9-19-17(23)16(11-2-3-11)12-4-6-13(18)7-5-12/h4-8,11,16H,2-3,9H2,1H3,(H,19,23)(H,20,21,22). The second-order valence-electron chi connectivity index (χ2n) is 5.96. The van der Waals surface area contributed by atoms with Crippen LogP contribution in [0.2, 0.25) is 5.02 Å². The quantitative estimate of drug-likeness (QED) is 0.841. The number of halogens is 1. The molecule has 1 aliphatic rings. The minimum absolute atomic E-state index is 0.110. The van der Waals surface area contributed by atoms with E-state index in [2.05, 4.69) is 15.8 Å². The van der Waals surface area contributed by atoms with E-state index < -0.39 is 0 Å². The van der Waals surface area contributed by atoms with Crippen molar-refractivity contribution >= 4 is 29.2 Å². The fraction of sp³-hybridized carbons (Fsp3) is 0.353. The van der Waals surface area contributed by atoms with Crippen LogP contribution >= 0.6 is 11.6 Å². The summed E-state index contributed by atoms with van der Waals surface area (Å²) in [6.07, 6.45) is 2.04. The Balaban J connectivity index is 1.58. The number of amides is 2. The molecule has 1 unspecified atom stereocenters. The van der Waals surface area contributed by atoms with Crippen LogP contribution in [-0.4, -0.2) is 23.5 Å². The van der Waals surface area contributed by atoms with Gasteiger partial charge in [0.25, 0.3) is 0 Å².